The van der Waals surface area contributed by atoms with E-state index >= 15 is 0 Å². The average molecular weight is 311 g/mol. The van der Waals surface area contributed by atoms with E-state index in [0.717, 1.165) is 17.5 Å². The fraction of sp³-hybridized carbons (Fsp3) is 0.368. The molecule has 0 radical (unpaired) electrons. The number of hydrogen-bond donors (Lipinski definition) is 1. The number of hydrogen-bond acceptors (Lipinski definition) is 2. The van der Waals surface area contributed by atoms with E-state index in [9.17, 15) is 9.90 Å². The molecule has 1 amide bonds. The number of fused-ring (bicyclic) bond motifs is 1. The summed E-state index contributed by atoms with van der Waals surface area (Å²) in [6.07, 6.45) is 3.49. The van der Waals surface area contributed by atoms with Crippen LogP contribution in [0.4, 0.5) is 4.79 Å². The maximum atomic E-state index is 12.5. The van der Waals surface area contributed by atoms with Gasteiger partial charge < -0.3 is 5.11 Å². The lowest BCUT2D eigenvalue weighted by Gasteiger charge is -2.51. The van der Waals surface area contributed by atoms with Gasteiger partial charge in [0.1, 0.15) is 5.54 Å². The van der Waals surface area contributed by atoms with Crippen LogP contribution in [0.3, 0.4) is 0 Å². The van der Waals surface area contributed by atoms with Crippen LogP contribution in [0, 0.1) is 0 Å². The second-order valence-corrected chi connectivity index (χ2v) is 7.18. The molecule has 1 aliphatic rings. The summed E-state index contributed by atoms with van der Waals surface area (Å²) in [5.41, 5.74) is 2.94. The van der Waals surface area contributed by atoms with Gasteiger partial charge >= 0.3 is 6.09 Å². The Morgan fingerprint density at radius 2 is 1.83 bits per heavy atom. The Labute approximate surface area is 137 Å². The van der Waals surface area contributed by atoms with Gasteiger partial charge in [0.15, 0.2) is 6.04 Å². The standard InChI is InChI=1S/C19H22N2O2/c1-19(2,3)21(18(22)23)13-10-14-6-4-5-7-16(14)17(21)15-8-11-20-12-9-15/h4-9,11-12,17H,10,13H2,1-3H3/p+1. The van der Waals surface area contributed by atoms with Crippen molar-refractivity contribution in [3.63, 3.8) is 0 Å². The van der Waals surface area contributed by atoms with Crippen molar-refractivity contribution in [3.05, 3.63) is 65.5 Å². The van der Waals surface area contributed by atoms with E-state index in [4.69, 9.17) is 0 Å². The van der Waals surface area contributed by atoms with Crippen LogP contribution in [0.1, 0.15) is 43.5 Å². The molecule has 4 heteroatoms. The Morgan fingerprint density at radius 3 is 2.43 bits per heavy atom. The highest BCUT2D eigenvalue weighted by Gasteiger charge is 2.56. The summed E-state index contributed by atoms with van der Waals surface area (Å²) in [5, 5.41) is 10.2. The van der Waals surface area contributed by atoms with Crippen molar-refractivity contribution in [2.75, 3.05) is 6.54 Å². The Balaban J connectivity index is 2.30. The lowest BCUT2D eigenvalue weighted by Crippen LogP contribution is -2.67. The third kappa shape index (κ3) is 2.34. The van der Waals surface area contributed by atoms with Crippen LogP contribution in [0.15, 0.2) is 48.8 Å². The first kappa shape index (κ1) is 15.7. The molecular weight excluding hydrogens is 288 g/mol. The van der Waals surface area contributed by atoms with Crippen LogP contribution in [-0.4, -0.2) is 32.8 Å². The van der Waals surface area contributed by atoms with Gasteiger partial charge in [0.25, 0.3) is 0 Å². The largest absolute Gasteiger partial charge is 0.514 e. The van der Waals surface area contributed by atoms with E-state index < -0.39 is 11.6 Å². The zero-order chi connectivity index (χ0) is 16.7. The SMILES string of the molecule is CC(C)(C)[N+]1(C(=O)O)CCc2ccccc2C1c1ccncc1. The first-order valence-corrected chi connectivity index (χ1v) is 7.97. The quantitative estimate of drug-likeness (QED) is 0.809. The van der Waals surface area contributed by atoms with Crippen LogP contribution < -0.4 is 0 Å². The van der Waals surface area contributed by atoms with Gasteiger partial charge in [-0.25, -0.2) is 4.48 Å². The molecule has 4 nitrogen and oxygen atoms in total. The Kier molecular flexibility index (Phi) is 3.72. The molecule has 2 aromatic rings. The second kappa shape index (κ2) is 5.46. The molecule has 1 aromatic carbocycles. The fourth-order valence-corrected chi connectivity index (χ4v) is 3.89. The maximum absolute atomic E-state index is 12.5. The van der Waals surface area contributed by atoms with Crippen molar-refractivity contribution in [2.24, 2.45) is 0 Å². The van der Waals surface area contributed by atoms with Crippen molar-refractivity contribution in [3.8, 4) is 0 Å². The van der Waals surface area contributed by atoms with Crippen molar-refractivity contribution < 1.29 is 14.4 Å². The van der Waals surface area contributed by atoms with Crippen molar-refractivity contribution >= 4 is 6.09 Å². The lowest BCUT2D eigenvalue weighted by atomic mass is 9.82. The summed E-state index contributed by atoms with van der Waals surface area (Å²) in [4.78, 5) is 16.6. The molecular formula is C19H23N2O2+. The average Bonchev–Trinajstić information content (AvgIpc) is 2.53. The number of nitrogens with zero attached hydrogens (tertiary/aromatic N) is 2. The van der Waals surface area contributed by atoms with Gasteiger partial charge in [-0.3, -0.25) is 4.98 Å². The molecule has 1 N–H and O–H groups in total. The third-order valence-electron chi connectivity index (χ3n) is 5.08. The molecule has 0 fully saturated rings. The smallest absolute Gasteiger partial charge is 0.435 e. The molecule has 3 rings (SSSR count). The fourth-order valence-electron chi connectivity index (χ4n) is 3.89. The van der Waals surface area contributed by atoms with E-state index in [-0.39, 0.29) is 10.5 Å². The minimum Gasteiger partial charge on any atom is -0.435 e. The van der Waals surface area contributed by atoms with E-state index in [0.29, 0.717) is 6.54 Å². The van der Waals surface area contributed by atoms with Crippen LogP contribution in [-0.2, 0) is 6.42 Å². The predicted molar refractivity (Wildman–Crippen MR) is 89.1 cm³/mol. The number of pyridine rings is 1. The normalized spacial score (nSPS) is 24.0. The van der Waals surface area contributed by atoms with Gasteiger partial charge in [-0.1, -0.05) is 24.3 Å². The molecule has 0 aliphatic carbocycles. The Bertz CT molecular complexity index is 722. The lowest BCUT2D eigenvalue weighted by molar-refractivity contribution is -0.928. The number of carboxylic acid groups (broad SMARTS) is 1. The number of benzene rings is 1. The summed E-state index contributed by atoms with van der Waals surface area (Å²) < 4.78 is 0.00796. The second-order valence-electron chi connectivity index (χ2n) is 7.18. The number of amides is 1. The molecule has 0 saturated carbocycles. The summed E-state index contributed by atoms with van der Waals surface area (Å²) in [6.45, 7) is 6.64. The molecule has 120 valence electrons. The van der Waals surface area contributed by atoms with Crippen molar-refractivity contribution in [1.82, 2.24) is 4.98 Å². The first-order chi connectivity index (χ1) is 10.9. The molecule has 0 saturated heterocycles. The molecule has 0 bridgehead atoms. The molecule has 2 unspecified atom stereocenters. The molecule has 1 aliphatic heterocycles. The summed E-state index contributed by atoms with van der Waals surface area (Å²) in [5.74, 6) is 0. The number of aromatic nitrogens is 1. The van der Waals surface area contributed by atoms with Gasteiger partial charge in [-0.2, -0.15) is 4.79 Å². The zero-order valence-electron chi connectivity index (χ0n) is 13.9. The van der Waals surface area contributed by atoms with E-state index in [2.05, 4.69) is 17.1 Å². The van der Waals surface area contributed by atoms with Crippen LogP contribution in [0.25, 0.3) is 0 Å². The van der Waals surface area contributed by atoms with Gasteiger partial charge in [0.2, 0.25) is 0 Å². The molecule has 1 aromatic heterocycles. The van der Waals surface area contributed by atoms with E-state index in [1.807, 2.05) is 45.0 Å². The van der Waals surface area contributed by atoms with E-state index in [1.54, 1.807) is 12.4 Å². The van der Waals surface area contributed by atoms with Crippen LogP contribution in [0.2, 0.25) is 0 Å². The van der Waals surface area contributed by atoms with Crippen molar-refractivity contribution in [2.45, 2.75) is 38.8 Å². The van der Waals surface area contributed by atoms with E-state index in [1.165, 1.54) is 5.56 Å². The molecule has 0 spiro atoms. The monoisotopic (exact) mass is 311 g/mol. The molecule has 23 heavy (non-hydrogen) atoms. The maximum Gasteiger partial charge on any atom is 0.514 e. The minimum absolute atomic E-state index is 0.00796. The van der Waals surface area contributed by atoms with Gasteiger partial charge in [0.05, 0.1) is 6.54 Å². The highest BCUT2D eigenvalue weighted by atomic mass is 16.4. The predicted octanol–water partition coefficient (Wildman–Crippen LogP) is 4.02. The Hall–Kier alpha value is -2.20. The molecule has 2 atom stereocenters. The highest BCUT2D eigenvalue weighted by Crippen LogP contribution is 2.46. The number of carbonyl (C=O) groups is 1. The van der Waals surface area contributed by atoms with Gasteiger partial charge in [-0.05, 0) is 38.5 Å². The minimum atomic E-state index is -0.770. The zero-order valence-corrected chi connectivity index (χ0v) is 13.9. The van der Waals surface area contributed by atoms with Crippen molar-refractivity contribution in [1.29, 1.82) is 0 Å². The summed E-state index contributed by atoms with van der Waals surface area (Å²) in [7, 11) is 0. The Morgan fingerprint density at radius 1 is 1.17 bits per heavy atom. The molecule has 2 heterocycles. The van der Waals surface area contributed by atoms with Gasteiger partial charge in [-0.15, -0.1) is 0 Å². The first-order valence-electron chi connectivity index (χ1n) is 7.97. The number of rotatable bonds is 1. The highest BCUT2D eigenvalue weighted by molar-refractivity contribution is 5.60. The van der Waals surface area contributed by atoms with Crippen LogP contribution >= 0.6 is 0 Å². The van der Waals surface area contributed by atoms with Crippen LogP contribution in [0.5, 0.6) is 0 Å². The van der Waals surface area contributed by atoms with Gasteiger partial charge in [0, 0.05) is 29.9 Å². The third-order valence-corrected chi connectivity index (χ3v) is 5.08. The number of quaternary nitrogens is 1. The topological polar surface area (TPSA) is 50.2 Å². The summed E-state index contributed by atoms with van der Waals surface area (Å²) in [6, 6.07) is 11.9. The summed E-state index contributed by atoms with van der Waals surface area (Å²) >= 11 is 0.